The first kappa shape index (κ1) is 375. The molecule has 0 radical (unpaired) electrons. The van der Waals surface area contributed by atoms with Crippen LogP contribution < -0.4 is 0 Å². The van der Waals surface area contributed by atoms with Gasteiger partial charge in [-0.15, -0.1) is 0 Å². The van der Waals surface area contributed by atoms with E-state index in [0.29, 0.717) is 55.7 Å². The summed E-state index contributed by atoms with van der Waals surface area (Å²) in [7, 11) is 0. The van der Waals surface area contributed by atoms with Crippen molar-refractivity contribution < 1.29 is 1680 Å². The largest absolute Gasteiger partial charge is 0.304 e. The molecule has 0 fully saturated rings. The van der Waals surface area contributed by atoms with E-state index in [-0.39, 0.29) is 1730 Å². The summed E-state index contributed by atoms with van der Waals surface area (Å²) in [6.45, 7) is 41.7. The second-order valence-corrected chi connectivity index (χ2v) is 13.1. The fourth-order valence-corrected chi connectivity index (χ4v) is 6.04. The Morgan fingerprint density at radius 2 is 0.404 bits per heavy atom. The van der Waals surface area contributed by atoms with Crippen LogP contribution >= 0.6 is 0 Å². The van der Waals surface area contributed by atoms with Gasteiger partial charge in [-0.1, -0.05) is 223 Å². The second kappa shape index (κ2) is 320. The Kier molecular flexibility index (Phi) is 883. The number of nitrogens with zero attached hydrogens (tertiary/aromatic N) is 12. The molecule has 0 bridgehead atoms. The van der Waals surface area contributed by atoms with Crippen LogP contribution in [-0.2, 0) is 9.59 Å². The number of fused-ring (bicyclic) bond motifs is 3. The molecule has 0 saturated carbocycles. The van der Waals surface area contributed by atoms with Gasteiger partial charge in [0.05, 0.1) is 12.1 Å². The molecule has 0 spiro atoms. The number of rotatable bonds is 0. The minimum atomic E-state index is -0.124. The minimum absolute atomic E-state index is 0. The SMILES string of the molecule is C.C.C/C=C1\C(=O)c2ccccc2C1=C(C#N)C#N.C/C=C1\C(=O)c2ccccc2C1=C(C#N)C#N.CC.CC.CC.CC.CC.CC.CC.CC.CC=C(C#N)C#N.CC=C(C#N)C#N.CC=O.CC=O.N#CC(C#N)=C1CC(=O)c2ccccc21.N#CCC#N.[Ar].[Ar].[Ar].[Ar].[Ar].[Ar].[Ar].[Ar].[Ar].[Ar].[Ar].[Ar].[Ar].[Ar].[Ar].[Ar].[Ar].[Ar].[Ar].[Ar].[Ar].[Ar].[Ar].[Ar].[Ar].[Ar].[Ar].[Ar].[Ar].[Ar].[Ar].[Ar].[Ar].[Ar].[Ar].[Ar].[Ar].[Ar].[Ar].[Ar].[Ar].[Ar].[Ar].[Ar]. The van der Waals surface area contributed by atoms with Crippen LogP contribution in [0.15, 0.2) is 136 Å². The number of hydrogen-bond acceptors (Lipinski definition) is 17. The summed E-state index contributed by atoms with van der Waals surface area (Å²) in [5.74, 6) is -0.272. The Balaban J connectivity index is -0.00000000960. The molecule has 0 N–H and O–H groups in total. The zero-order valence-electron chi connectivity index (χ0n) is 72.3. The zero-order valence-corrected chi connectivity index (χ0v) is 103. The molecule has 0 atom stereocenters. The topological polar surface area (TPSA) is 371 Å². The first-order valence-corrected chi connectivity index (χ1v) is 29.0. The zero-order chi connectivity index (χ0) is 72.6. The van der Waals surface area contributed by atoms with E-state index in [2.05, 4.69) is 0 Å². The number of hydrogen-bond donors (Lipinski definition) is 0. The number of benzene rings is 3. The van der Waals surface area contributed by atoms with Crippen LogP contribution in [0.4, 0.5) is 0 Å². The van der Waals surface area contributed by atoms with Crippen LogP contribution in [0.3, 0.4) is 0 Å². The van der Waals surface area contributed by atoms with Crippen LogP contribution in [0.25, 0.3) is 16.7 Å². The van der Waals surface area contributed by atoms with Crippen molar-refractivity contribution in [1.82, 2.24) is 0 Å². The molecule has 6 rings (SSSR count). The molecule has 17 nitrogen and oxygen atoms in total. The van der Waals surface area contributed by atoms with Gasteiger partial charge in [0.25, 0.3) is 0 Å². The summed E-state index contributed by atoms with van der Waals surface area (Å²) >= 11 is 0. The van der Waals surface area contributed by atoms with Gasteiger partial charge in [-0.2, -0.15) is 63.1 Å². The molecule has 0 aliphatic heterocycles. The first-order chi connectivity index (χ1) is 43.7. The Bertz CT molecular complexity index is 3300. The van der Waals surface area contributed by atoms with Crippen LogP contribution in [-0.4, -0.2) is 29.9 Å². The maximum absolute atomic E-state index is 12.1. The van der Waals surface area contributed by atoms with Gasteiger partial charge in [-0.05, 0) is 63.8 Å². The molecule has 0 heterocycles. The molecule has 61 heteroatoms. The number of ketones is 3. The monoisotopic (exact) mass is 3000 g/mol. The third kappa shape index (κ3) is 209. The number of nitriles is 12. The van der Waals surface area contributed by atoms with Gasteiger partial charge in [0, 0.05) is 1710 Å². The van der Waals surface area contributed by atoms with Gasteiger partial charge >= 0.3 is 0 Å². The maximum Gasteiger partial charge on any atom is 0.194 e. The number of allylic oxidation sites excluding steroid dienone is 14. The standard InChI is InChI=1S/2C14H8N2O.C12H6N2O.2C5H4N2.C3H2N2.2C2H4O.8C2H6.2CH4.44Ar/c2*1-2-10-13(9(7-15)8-16)11-5-3-4-6-12(11)14(10)17;13-6-8(7-14)11-5-12(15)10-4-2-1-3-9(10)11;2*1-2-5(3-6)4-7;4-2-1-3-5;2*1-2-3;8*1-2;;;;;;;;;;;;;;;;;;;;;;;;;;;;;;;;;;;;;;;;;;;;;;/h2*2-6H,1H3;1-4H,5H2;2*2H,1H3;1H2;2*2H,1H3;8*1-2H3;2*1H4;;;;;;;;;;;;;;;;;;;;;;;;;;;;;;;;;;;;;;;;;;;;/b2*10-2-;;;;;;;;;;;;;;;;;;;;;;;;;;;;;;;;;;;;;;;;;;;;;;;;;;;;;;;;;;;;. The van der Waals surface area contributed by atoms with Crippen molar-refractivity contribution in [3.05, 3.63) is 169 Å². The minimum Gasteiger partial charge on any atom is -0.304 e. The van der Waals surface area contributed by atoms with Crippen molar-refractivity contribution in [3.63, 3.8) is 0 Å². The maximum atomic E-state index is 12.1. The molecule has 0 saturated heterocycles. The van der Waals surface area contributed by atoms with Crippen molar-refractivity contribution in [1.29, 1.82) is 63.1 Å². The summed E-state index contributed by atoms with van der Waals surface area (Å²) in [6.07, 6.45) is 7.90. The second-order valence-electron chi connectivity index (χ2n) is 13.1. The average Bonchev–Trinajstić information content (AvgIpc) is 1.63. The summed E-state index contributed by atoms with van der Waals surface area (Å²) in [6, 6.07) is 42.2. The summed E-state index contributed by atoms with van der Waals surface area (Å²) in [4.78, 5) is 53.3. The van der Waals surface area contributed by atoms with Crippen molar-refractivity contribution in [2.75, 3.05) is 0 Å². The van der Waals surface area contributed by atoms with E-state index >= 15 is 0 Å². The quantitative estimate of drug-likeness (QED) is 0.115. The third-order valence-corrected chi connectivity index (χ3v) is 9.07. The average molecular weight is 3000 g/mol. The Labute approximate surface area is 2140 Å². The Morgan fingerprint density at radius 1 is 0.250 bits per heavy atom. The third-order valence-electron chi connectivity index (χ3n) is 9.07. The molecule has 136 heavy (non-hydrogen) atoms. The number of aldehydes is 2. The molecule has 3 aliphatic rings. The van der Waals surface area contributed by atoms with Gasteiger partial charge in [-0.3, -0.25) is 14.4 Å². The van der Waals surface area contributed by atoms with Crippen LogP contribution in [0.5, 0.6) is 0 Å². The smallest absolute Gasteiger partial charge is 0.194 e. The molecule has 3 aliphatic carbocycles. The number of carbonyl (C=O) groups is 5. The van der Waals surface area contributed by atoms with E-state index in [1.807, 2.05) is 147 Å². The van der Waals surface area contributed by atoms with E-state index in [1.165, 1.54) is 26.0 Å². The van der Waals surface area contributed by atoms with E-state index in [9.17, 15) is 14.4 Å². The van der Waals surface area contributed by atoms with Gasteiger partial charge in [0.2, 0.25) is 0 Å². The van der Waals surface area contributed by atoms with E-state index in [4.69, 9.17) is 72.7 Å². The normalized spacial score (nSPS) is 6.54. The molecule has 3 aromatic carbocycles. The number of carbonyl (C=O) groups excluding carboxylic acids is 5. The fourth-order valence-electron chi connectivity index (χ4n) is 6.04. The van der Waals surface area contributed by atoms with Crippen molar-refractivity contribution in [2.45, 2.75) is 180 Å². The Hall–Kier alpha value is 43.5. The molecule has 0 unspecified atom stereocenters. The summed E-state index contributed by atoms with van der Waals surface area (Å²) in [5.41, 5.74) is 6.45. The van der Waals surface area contributed by atoms with E-state index < -0.39 is 0 Å². The molecular weight excluding hydrogens is 2910 g/mol. The van der Waals surface area contributed by atoms with Gasteiger partial charge in [0.15, 0.2) is 17.3 Å². The molecule has 0 amide bonds. The van der Waals surface area contributed by atoms with Crippen LogP contribution in [0.1, 0.15) is 228 Å². The van der Waals surface area contributed by atoms with Gasteiger partial charge < -0.3 is 9.59 Å². The Morgan fingerprint density at radius 3 is 0.529 bits per heavy atom. The molecule has 838 valence electrons. The molecule has 3 aromatic rings. The van der Waals surface area contributed by atoms with E-state index in [1.54, 1.807) is 149 Å². The summed E-state index contributed by atoms with van der Waals surface area (Å²) < 4.78 is 0. The van der Waals surface area contributed by atoms with Crippen LogP contribution in [0.2, 0.25) is 0 Å². The van der Waals surface area contributed by atoms with Crippen molar-refractivity contribution in [2.24, 2.45) is 0 Å². The van der Waals surface area contributed by atoms with Crippen molar-refractivity contribution in [3.8, 4) is 72.8 Å². The first-order valence-electron chi connectivity index (χ1n) is 29.0. The van der Waals surface area contributed by atoms with Gasteiger partial charge in [-0.25, -0.2) is 0 Å². The molecular formula is C75H96Ar44N12O5. The van der Waals surface area contributed by atoms with Crippen molar-refractivity contribution >= 4 is 46.6 Å². The van der Waals surface area contributed by atoms with Gasteiger partial charge in [0.1, 0.15) is 108 Å². The fraction of sp³-hybridized carbons (Fsp3) is 0.347. The molecule has 0 aromatic heterocycles. The predicted octanol–water partition coefficient (Wildman–Crippen LogP) is 19.6. The number of Topliss-reactive ketones (excluding diaryl/α,β-unsaturated/α-hetero) is 3. The summed E-state index contributed by atoms with van der Waals surface area (Å²) in [5, 5.41) is 100. The van der Waals surface area contributed by atoms with Crippen LogP contribution in [0, 0.1) is 1800 Å². The predicted molar refractivity (Wildman–Crippen MR) is 372 cm³/mol. The van der Waals surface area contributed by atoms with E-state index in [0.717, 1.165) is 18.1 Å².